The molecule has 0 amide bonds. The van der Waals surface area contributed by atoms with Gasteiger partial charge >= 0.3 is 6.18 Å². The van der Waals surface area contributed by atoms with Crippen molar-refractivity contribution >= 4 is 42.1 Å². The summed E-state index contributed by atoms with van der Waals surface area (Å²) in [6, 6.07) is 6.06. The van der Waals surface area contributed by atoms with Gasteiger partial charge in [0.25, 0.3) is 5.56 Å². The number of alkyl halides is 3. The van der Waals surface area contributed by atoms with E-state index < -0.39 is 27.0 Å². The molecule has 12 heteroatoms. The lowest BCUT2D eigenvalue weighted by Crippen LogP contribution is -2.24. The van der Waals surface area contributed by atoms with Gasteiger partial charge in [-0.05, 0) is 40.2 Å². The van der Waals surface area contributed by atoms with Gasteiger partial charge in [0, 0.05) is 21.8 Å². The zero-order chi connectivity index (χ0) is 21.8. The Kier molecular flexibility index (Phi) is 4.73. The number of aromatic nitrogens is 4. The maximum Gasteiger partial charge on any atom is 0.416 e. The Balaban J connectivity index is 2.09. The number of hydrogen-bond donors (Lipinski definition) is 1. The highest BCUT2D eigenvalue weighted by Gasteiger charge is 2.31. The Hall–Kier alpha value is -2.73. The molecule has 7 nitrogen and oxygen atoms in total. The molecule has 4 aromatic rings. The van der Waals surface area contributed by atoms with E-state index >= 15 is 0 Å². The average Bonchev–Trinajstić information content (AvgIpc) is 3.06. The maximum atomic E-state index is 13.1. The molecule has 0 radical (unpaired) electrons. The topological polar surface area (TPSA) is 93.1 Å². The molecule has 3 heterocycles. The number of imidazole rings is 1. The number of pyridine rings is 1. The lowest BCUT2D eigenvalue weighted by molar-refractivity contribution is -0.137. The van der Waals surface area contributed by atoms with Gasteiger partial charge in [-0.3, -0.25) is 9.20 Å². The molecule has 156 valence electrons. The number of hydrogen-bond acceptors (Lipinski definition) is 5. The maximum absolute atomic E-state index is 13.1. The minimum atomic E-state index is -4.62. The van der Waals surface area contributed by atoms with E-state index in [1.54, 1.807) is 25.3 Å². The minimum Gasteiger partial charge on any atom is -0.289 e. The molecule has 1 atom stereocenters. The highest BCUT2D eigenvalue weighted by Crippen LogP contribution is 2.31. The largest absolute Gasteiger partial charge is 0.416 e. The van der Waals surface area contributed by atoms with Crippen LogP contribution in [0.15, 0.2) is 57.0 Å². The van der Waals surface area contributed by atoms with Gasteiger partial charge in [0.15, 0.2) is 10.8 Å². The predicted octanol–water partition coefficient (Wildman–Crippen LogP) is 4.24. The molecule has 30 heavy (non-hydrogen) atoms. The third-order valence-electron chi connectivity index (χ3n) is 4.56. The number of nitrogens with one attached hydrogen (secondary N) is 1. The number of nitrogens with zero attached hydrogens (tertiary/aromatic N) is 4. The smallest absolute Gasteiger partial charge is 0.289 e. The molecule has 1 aromatic carbocycles. The normalized spacial score (nSPS) is 14.3. The van der Waals surface area contributed by atoms with Gasteiger partial charge < -0.3 is 0 Å². The van der Waals surface area contributed by atoms with Gasteiger partial charge in [0.05, 0.1) is 26.9 Å². The second-order valence-electron chi connectivity index (χ2n) is 6.44. The van der Waals surface area contributed by atoms with Crippen LogP contribution < -0.4 is 5.56 Å². The van der Waals surface area contributed by atoms with Crippen LogP contribution in [0.4, 0.5) is 13.2 Å². The van der Waals surface area contributed by atoms with Crippen LogP contribution in [0.25, 0.3) is 22.2 Å². The Morgan fingerprint density at radius 3 is 2.63 bits per heavy atom. The van der Waals surface area contributed by atoms with Crippen molar-refractivity contribution in [3.63, 3.8) is 0 Å². The Morgan fingerprint density at radius 1 is 1.23 bits per heavy atom. The summed E-state index contributed by atoms with van der Waals surface area (Å²) in [5, 5.41) is 3.98. The zero-order valence-electron chi connectivity index (χ0n) is 15.3. The summed E-state index contributed by atoms with van der Waals surface area (Å²) in [6.45, 7) is 1.56. The predicted molar refractivity (Wildman–Crippen MR) is 108 cm³/mol. The van der Waals surface area contributed by atoms with Crippen molar-refractivity contribution in [2.24, 2.45) is 0 Å². The van der Waals surface area contributed by atoms with Crippen molar-refractivity contribution in [2.75, 3.05) is 5.75 Å². The first-order chi connectivity index (χ1) is 14.0. The molecule has 0 bridgehead atoms. The summed E-state index contributed by atoms with van der Waals surface area (Å²) >= 11 is 3.30. The van der Waals surface area contributed by atoms with E-state index in [-0.39, 0.29) is 27.4 Å². The first-order valence-electron chi connectivity index (χ1n) is 8.56. The molecular formula is C18H13BrF3N5O2S. The third kappa shape index (κ3) is 3.29. The standard InChI is InChI=1S/C18H13BrF3N5O2S/c1-2-30(23,29)17-15(25-14-6-5-12(19)9-26(14)17)27-16(28)13-7-11(18(20,21)22)4-3-10(13)8-24-27/h3-9,23H,2H2,1H3. The Morgan fingerprint density at radius 2 is 1.97 bits per heavy atom. The quantitative estimate of drug-likeness (QED) is 0.456. The van der Waals surface area contributed by atoms with Gasteiger partial charge in [-0.25, -0.2) is 14.0 Å². The van der Waals surface area contributed by atoms with E-state index in [2.05, 4.69) is 26.0 Å². The average molecular weight is 500 g/mol. The van der Waals surface area contributed by atoms with Crippen molar-refractivity contribution in [1.82, 2.24) is 19.2 Å². The van der Waals surface area contributed by atoms with Crippen LogP contribution in [-0.4, -0.2) is 29.1 Å². The van der Waals surface area contributed by atoms with Crippen LogP contribution in [0.5, 0.6) is 0 Å². The lowest BCUT2D eigenvalue weighted by Gasteiger charge is -2.10. The highest BCUT2D eigenvalue weighted by molar-refractivity contribution is 9.10. The molecule has 4 rings (SSSR count). The minimum absolute atomic E-state index is 0.0535. The second kappa shape index (κ2) is 6.91. The summed E-state index contributed by atoms with van der Waals surface area (Å²) in [7, 11) is -3.38. The molecule has 0 aliphatic carbocycles. The summed E-state index contributed by atoms with van der Waals surface area (Å²) in [5.41, 5.74) is -1.51. The van der Waals surface area contributed by atoms with Crippen molar-refractivity contribution in [2.45, 2.75) is 18.1 Å². The van der Waals surface area contributed by atoms with E-state index in [1.807, 2.05) is 0 Å². The van der Waals surface area contributed by atoms with Crippen LogP contribution >= 0.6 is 15.9 Å². The zero-order valence-corrected chi connectivity index (χ0v) is 17.7. The van der Waals surface area contributed by atoms with Crippen molar-refractivity contribution in [3.8, 4) is 5.82 Å². The molecular weight excluding hydrogens is 487 g/mol. The van der Waals surface area contributed by atoms with E-state index in [1.165, 1.54) is 10.6 Å². The highest BCUT2D eigenvalue weighted by atomic mass is 79.9. The van der Waals surface area contributed by atoms with Crippen LogP contribution in [0, 0.1) is 4.78 Å². The van der Waals surface area contributed by atoms with Crippen LogP contribution in [0.3, 0.4) is 0 Å². The third-order valence-corrected chi connectivity index (χ3v) is 6.84. The van der Waals surface area contributed by atoms with E-state index in [9.17, 15) is 22.2 Å². The fourth-order valence-corrected chi connectivity index (χ4v) is 4.53. The summed E-state index contributed by atoms with van der Waals surface area (Å²) in [5.74, 6) is -0.208. The van der Waals surface area contributed by atoms with Gasteiger partial charge in [-0.1, -0.05) is 13.0 Å². The van der Waals surface area contributed by atoms with Gasteiger partial charge in [0.1, 0.15) is 5.65 Å². The van der Waals surface area contributed by atoms with E-state index in [0.717, 1.165) is 22.9 Å². The Labute approximate surface area is 176 Å². The van der Waals surface area contributed by atoms with Crippen LogP contribution in [0.2, 0.25) is 0 Å². The van der Waals surface area contributed by atoms with Crippen molar-refractivity contribution in [1.29, 1.82) is 4.78 Å². The first-order valence-corrected chi connectivity index (χ1v) is 11.1. The van der Waals surface area contributed by atoms with Crippen molar-refractivity contribution < 1.29 is 17.4 Å². The van der Waals surface area contributed by atoms with E-state index in [0.29, 0.717) is 10.1 Å². The summed E-state index contributed by atoms with van der Waals surface area (Å²) in [4.78, 5) is 17.3. The number of benzene rings is 1. The fraction of sp³-hybridized carbons (Fsp3) is 0.167. The molecule has 0 aliphatic rings. The van der Waals surface area contributed by atoms with Gasteiger partial charge in [0.2, 0.25) is 0 Å². The van der Waals surface area contributed by atoms with E-state index in [4.69, 9.17) is 4.78 Å². The second-order valence-corrected chi connectivity index (χ2v) is 9.67. The molecule has 0 fully saturated rings. The molecule has 0 saturated heterocycles. The van der Waals surface area contributed by atoms with Gasteiger partial charge in [-0.2, -0.15) is 23.0 Å². The van der Waals surface area contributed by atoms with Gasteiger partial charge in [-0.15, -0.1) is 0 Å². The molecule has 3 aromatic heterocycles. The SMILES string of the molecule is CCS(=N)(=O)c1c(-n2ncc3ccc(C(F)(F)F)cc3c2=O)nc2ccc(Br)cn12. The molecule has 0 saturated carbocycles. The molecule has 0 aliphatic heterocycles. The van der Waals surface area contributed by atoms with Crippen LogP contribution in [0.1, 0.15) is 12.5 Å². The number of fused-ring (bicyclic) bond motifs is 2. The molecule has 1 unspecified atom stereocenters. The lowest BCUT2D eigenvalue weighted by atomic mass is 10.1. The Bertz CT molecular complexity index is 1480. The number of halogens is 4. The fourth-order valence-electron chi connectivity index (χ4n) is 3.03. The summed E-state index contributed by atoms with van der Waals surface area (Å²) in [6.07, 6.45) is -1.83. The number of rotatable bonds is 3. The molecule has 1 N–H and O–H groups in total. The summed E-state index contributed by atoms with van der Waals surface area (Å²) < 4.78 is 63.4. The van der Waals surface area contributed by atoms with Crippen LogP contribution in [-0.2, 0) is 15.9 Å². The first kappa shape index (κ1) is 20.5. The van der Waals surface area contributed by atoms with Crippen molar-refractivity contribution in [3.05, 3.63) is 63.1 Å². The monoisotopic (exact) mass is 499 g/mol. The molecule has 0 spiro atoms.